The van der Waals surface area contributed by atoms with Crippen LogP contribution in [0.4, 0.5) is 0 Å². The van der Waals surface area contributed by atoms with Gasteiger partial charge >= 0.3 is 0 Å². The lowest BCUT2D eigenvalue weighted by Crippen LogP contribution is -1.91. The van der Waals surface area contributed by atoms with Crippen LogP contribution in [0.15, 0.2) is 42.5 Å². The zero-order chi connectivity index (χ0) is 13.0. The van der Waals surface area contributed by atoms with E-state index in [2.05, 4.69) is 25.1 Å². The van der Waals surface area contributed by atoms with Crippen molar-refractivity contribution in [3.05, 3.63) is 59.2 Å². The average molecular weight is 232 g/mol. The second-order valence-corrected chi connectivity index (χ2v) is 3.99. The van der Waals surface area contributed by atoms with Gasteiger partial charge < -0.3 is 0 Å². The third kappa shape index (κ3) is 2.10. The van der Waals surface area contributed by atoms with Crippen LogP contribution in [0.1, 0.15) is 23.6 Å². The van der Waals surface area contributed by atoms with Crippen molar-refractivity contribution < 1.29 is 0 Å². The Morgan fingerprint density at radius 1 is 0.944 bits per heavy atom. The lowest BCUT2D eigenvalue weighted by molar-refractivity contribution is 1.14. The summed E-state index contributed by atoms with van der Waals surface area (Å²) >= 11 is 0. The minimum Gasteiger partial charge on any atom is -0.192 e. The molecule has 18 heavy (non-hydrogen) atoms. The van der Waals surface area contributed by atoms with E-state index in [1.807, 2.05) is 24.3 Å². The van der Waals surface area contributed by atoms with Gasteiger partial charge in [0.2, 0.25) is 0 Å². The smallest absolute Gasteiger partial charge is 0.0998 e. The van der Waals surface area contributed by atoms with Crippen LogP contribution in [-0.2, 0) is 6.42 Å². The van der Waals surface area contributed by atoms with Gasteiger partial charge in [0.05, 0.1) is 23.3 Å². The third-order valence-electron chi connectivity index (χ3n) is 2.96. The molecule has 2 rings (SSSR count). The van der Waals surface area contributed by atoms with Crippen molar-refractivity contribution in [3.63, 3.8) is 0 Å². The summed E-state index contributed by atoms with van der Waals surface area (Å²) in [5, 5.41) is 18.1. The standard InChI is InChI=1S/C16H12N2/c1-2-13-5-3-4-6-15(13)16-8-7-12(10-17)9-14(16)11-18/h3-9H,2H2,1H3. The minimum absolute atomic E-state index is 0.518. The highest BCUT2D eigenvalue weighted by atomic mass is 14.3. The molecule has 0 saturated carbocycles. The van der Waals surface area contributed by atoms with Crippen molar-refractivity contribution in [2.24, 2.45) is 0 Å². The van der Waals surface area contributed by atoms with Crippen LogP contribution in [0.25, 0.3) is 11.1 Å². The topological polar surface area (TPSA) is 47.6 Å². The Hall–Kier alpha value is -2.58. The highest BCUT2D eigenvalue weighted by Crippen LogP contribution is 2.27. The van der Waals surface area contributed by atoms with Crippen LogP contribution in [-0.4, -0.2) is 0 Å². The zero-order valence-corrected chi connectivity index (χ0v) is 10.1. The van der Waals surface area contributed by atoms with Crippen LogP contribution in [0.5, 0.6) is 0 Å². The van der Waals surface area contributed by atoms with E-state index in [0.717, 1.165) is 17.5 Å². The molecule has 2 heteroatoms. The maximum atomic E-state index is 9.20. The first-order valence-corrected chi connectivity index (χ1v) is 5.82. The van der Waals surface area contributed by atoms with E-state index < -0.39 is 0 Å². The number of nitriles is 2. The Labute approximate surface area is 107 Å². The van der Waals surface area contributed by atoms with Gasteiger partial charge in [-0.05, 0) is 35.2 Å². The molecule has 2 aromatic rings. The van der Waals surface area contributed by atoms with Gasteiger partial charge in [0.1, 0.15) is 0 Å². The van der Waals surface area contributed by atoms with Crippen molar-refractivity contribution in [2.45, 2.75) is 13.3 Å². The van der Waals surface area contributed by atoms with Gasteiger partial charge in [-0.1, -0.05) is 37.3 Å². The quantitative estimate of drug-likeness (QED) is 0.793. The highest BCUT2D eigenvalue weighted by molar-refractivity contribution is 5.74. The summed E-state index contributed by atoms with van der Waals surface area (Å²) in [6, 6.07) is 17.5. The van der Waals surface area contributed by atoms with E-state index in [1.165, 1.54) is 5.56 Å². The normalized spacial score (nSPS) is 9.50. The van der Waals surface area contributed by atoms with Gasteiger partial charge in [0.25, 0.3) is 0 Å². The third-order valence-corrected chi connectivity index (χ3v) is 2.96. The van der Waals surface area contributed by atoms with E-state index >= 15 is 0 Å². The second-order valence-electron chi connectivity index (χ2n) is 3.99. The van der Waals surface area contributed by atoms with Crippen molar-refractivity contribution in [2.75, 3.05) is 0 Å². The molecular weight excluding hydrogens is 220 g/mol. The van der Waals surface area contributed by atoms with Crippen molar-refractivity contribution in [1.29, 1.82) is 10.5 Å². The molecule has 2 aromatic carbocycles. The molecule has 86 valence electrons. The molecule has 2 nitrogen and oxygen atoms in total. The van der Waals surface area contributed by atoms with E-state index in [0.29, 0.717) is 11.1 Å². The Kier molecular flexibility index (Phi) is 3.41. The molecule has 0 atom stereocenters. The monoisotopic (exact) mass is 232 g/mol. The fourth-order valence-electron chi connectivity index (χ4n) is 2.03. The minimum atomic E-state index is 0.518. The molecule has 0 N–H and O–H groups in total. The van der Waals surface area contributed by atoms with Crippen molar-refractivity contribution >= 4 is 0 Å². The van der Waals surface area contributed by atoms with Crippen LogP contribution in [0, 0.1) is 22.7 Å². The summed E-state index contributed by atoms with van der Waals surface area (Å²) in [6.45, 7) is 2.09. The van der Waals surface area contributed by atoms with Gasteiger partial charge in [-0.25, -0.2) is 0 Å². The predicted molar refractivity (Wildman–Crippen MR) is 70.7 cm³/mol. The van der Waals surface area contributed by atoms with Crippen molar-refractivity contribution in [3.8, 4) is 23.3 Å². The first-order chi connectivity index (χ1) is 8.80. The maximum absolute atomic E-state index is 9.20. The molecule has 0 unspecified atom stereocenters. The first-order valence-electron chi connectivity index (χ1n) is 5.82. The van der Waals surface area contributed by atoms with Crippen LogP contribution in [0.3, 0.4) is 0 Å². The summed E-state index contributed by atoms with van der Waals surface area (Å²) < 4.78 is 0. The van der Waals surface area contributed by atoms with Crippen LogP contribution in [0.2, 0.25) is 0 Å². The SMILES string of the molecule is CCc1ccccc1-c1ccc(C#N)cc1C#N. The fourth-order valence-corrected chi connectivity index (χ4v) is 2.03. The number of rotatable bonds is 2. The first kappa shape index (κ1) is 11.9. The molecule has 0 aliphatic heterocycles. The van der Waals surface area contributed by atoms with Gasteiger partial charge in [0, 0.05) is 0 Å². The van der Waals surface area contributed by atoms with Gasteiger partial charge in [-0.3, -0.25) is 0 Å². The average Bonchev–Trinajstić information content (AvgIpc) is 2.46. The Morgan fingerprint density at radius 3 is 2.39 bits per heavy atom. The molecule has 0 bridgehead atoms. The number of aryl methyl sites for hydroxylation is 1. The fraction of sp³-hybridized carbons (Fsp3) is 0.125. The number of nitrogens with zero attached hydrogens (tertiary/aromatic N) is 2. The number of hydrogen-bond acceptors (Lipinski definition) is 2. The molecule has 0 saturated heterocycles. The van der Waals surface area contributed by atoms with E-state index in [-0.39, 0.29) is 0 Å². The Bertz CT molecular complexity index is 658. The highest BCUT2D eigenvalue weighted by Gasteiger charge is 2.09. The summed E-state index contributed by atoms with van der Waals surface area (Å²) in [6.07, 6.45) is 0.918. The molecule has 0 heterocycles. The summed E-state index contributed by atoms with van der Waals surface area (Å²) in [5.41, 5.74) is 4.24. The zero-order valence-electron chi connectivity index (χ0n) is 10.1. The summed E-state index contributed by atoms with van der Waals surface area (Å²) in [7, 11) is 0. The number of hydrogen-bond donors (Lipinski definition) is 0. The maximum Gasteiger partial charge on any atom is 0.0998 e. The molecular formula is C16H12N2. The molecule has 0 aliphatic rings. The van der Waals surface area contributed by atoms with Crippen molar-refractivity contribution in [1.82, 2.24) is 0 Å². The molecule has 0 aromatic heterocycles. The molecule has 0 radical (unpaired) electrons. The summed E-state index contributed by atoms with van der Waals surface area (Å²) in [5.74, 6) is 0. The molecule has 0 spiro atoms. The Balaban J connectivity index is 2.65. The lowest BCUT2D eigenvalue weighted by Gasteiger charge is -2.09. The Morgan fingerprint density at radius 2 is 1.72 bits per heavy atom. The molecule has 0 aliphatic carbocycles. The molecule has 0 fully saturated rings. The van der Waals surface area contributed by atoms with Gasteiger partial charge in [-0.15, -0.1) is 0 Å². The predicted octanol–water partition coefficient (Wildman–Crippen LogP) is 3.66. The number of benzene rings is 2. The molecule has 0 amide bonds. The largest absolute Gasteiger partial charge is 0.192 e. The second kappa shape index (κ2) is 5.17. The van der Waals surface area contributed by atoms with Gasteiger partial charge in [0.15, 0.2) is 0 Å². The van der Waals surface area contributed by atoms with E-state index in [4.69, 9.17) is 5.26 Å². The van der Waals surface area contributed by atoms with Gasteiger partial charge in [-0.2, -0.15) is 10.5 Å². The van der Waals surface area contributed by atoms with Crippen LogP contribution < -0.4 is 0 Å². The van der Waals surface area contributed by atoms with Crippen LogP contribution >= 0.6 is 0 Å². The lowest BCUT2D eigenvalue weighted by atomic mass is 9.94. The van der Waals surface area contributed by atoms with E-state index in [1.54, 1.807) is 12.1 Å². The van der Waals surface area contributed by atoms with E-state index in [9.17, 15) is 5.26 Å². The summed E-state index contributed by atoms with van der Waals surface area (Å²) in [4.78, 5) is 0.